The molecule has 0 fully saturated rings. The number of hydrogen-bond donors (Lipinski definition) is 1. The number of hydrogen-bond acceptors (Lipinski definition) is 1. The van der Waals surface area contributed by atoms with Crippen molar-refractivity contribution in [3.05, 3.63) is 36.5 Å². The highest BCUT2D eigenvalue weighted by atomic mass is 16.1. The predicted octanol–water partition coefficient (Wildman–Crippen LogP) is 1.56. The molecule has 0 aromatic rings. The lowest BCUT2D eigenvalue weighted by Gasteiger charge is -2.06. The molecule has 0 aromatic heterocycles. The number of amides is 1. The summed E-state index contributed by atoms with van der Waals surface area (Å²) in [5, 5.41) is 2.73. The summed E-state index contributed by atoms with van der Waals surface area (Å²) in [6.07, 6.45) is 9.79. The number of allylic oxidation sites excluding steroid dienone is 2. The van der Waals surface area contributed by atoms with Gasteiger partial charge in [0, 0.05) is 6.54 Å². The summed E-state index contributed by atoms with van der Waals surface area (Å²) in [5.74, 6) is -0.116. The summed E-state index contributed by atoms with van der Waals surface area (Å²) < 4.78 is 0. The smallest absolute Gasteiger partial charge is 0.243 e. The lowest BCUT2D eigenvalue weighted by atomic mass is 10.1. The lowest BCUT2D eigenvalue weighted by Crippen LogP contribution is -2.23. The third-order valence-electron chi connectivity index (χ3n) is 1.72. The van der Waals surface area contributed by atoms with Gasteiger partial charge in [-0.3, -0.25) is 4.79 Å². The Balaban J connectivity index is 2.31. The highest BCUT2D eigenvalue weighted by Crippen LogP contribution is 2.07. The predicted molar refractivity (Wildman–Crippen MR) is 49.7 cm³/mol. The van der Waals surface area contributed by atoms with Gasteiger partial charge >= 0.3 is 0 Å². The van der Waals surface area contributed by atoms with E-state index in [0.717, 1.165) is 12.8 Å². The van der Waals surface area contributed by atoms with Crippen molar-refractivity contribution in [1.29, 1.82) is 0 Å². The summed E-state index contributed by atoms with van der Waals surface area (Å²) in [4.78, 5) is 10.8. The molecule has 64 valence electrons. The number of nitrogens with one attached hydrogen (secondary N) is 1. The maximum absolute atomic E-state index is 10.8. The molecule has 0 bridgehead atoms. The van der Waals surface area contributed by atoms with Crippen LogP contribution in [0.5, 0.6) is 0 Å². The molecule has 12 heavy (non-hydrogen) atoms. The summed E-state index contributed by atoms with van der Waals surface area (Å²) >= 11 is 0. The van der Waals surface area contributed by atoms with Gasteiger partial charge in [-0.05, 0) is 24.5 Å². The van der Waals surface area contributed by atoms with Crippen LogP contribution in [0.15, 0.2) is 36.5 Å². The van der Waals surface area contributed by atoms with Gasteiger partial charge in [-0.25, -0.2) is 0 Å². The van der Waals surface area contributed by atoms with Crippen molar-refractivity contribution in [2.75, 3.05) is 6.54 Å². The number of rotatable bonds is 3. The van der Waals surface area contributed by atoms with Crippen molar-refractivity contribution in [2.45, 2.75) is 12.8 Å². The molecule has 0 spiro atoms. The standard InChI is InChI=1S/C10H13NO/c1-2-10(12)11-8-9-6-4-3-5-7-9/h2,4,6-7H,1,3,5,8H2,(H,11,12). The fraction of sp³-hybridized carbons (Fsp3) is 0.300. The van der Waals surface area contributed by atoms with Gasteiger partial charge in [0.15, 0.2) is 0 Å². The summed E-state index contributed by atoms with van der Waals surface area (Å²) in [7, 11) is 0. The minimum atomic E-state index is -0.116. The Morgan fingerprint density at radius 1 is 1.67 bits per heavy atom. The largest absolute Gasteiger partial charge is 0.349 e. The van der Waals surface area contributed by atoms with Crippen LogP contribution in [0.3, 0.4) is 0 Å². The van der Waals surface area contributed by atoms with Crippen molar-refractivity contribution in [2.24, 2.45) is 0 Å². The SMILES string of the molecule is C=CC(=O)NCC1=CCCC=C1. The van der Waals surface area contributed by atoms with E-state index in [9.17, 15) is 4.79 Å². The molecule has 1 rings (SSSR count). The quantitative estimate of drug-likeness (QED) is 0.628. The molecule has 0 radical (unpaired) electrons. The third kappa shape index (κ3) is 2.74. The van der Waals surface area contributed by atoms with Crippen molar-refractivity contribution < 1.29 is 4.79 Å². The second-order valence-electron chi connectivity index (χ2n) is 2.68. The molecule has 0 unspecified atom stereocenters. The molecular formula is C10H13NO. The van der Waals surface area contributed by atoms with Crippen molar-refractivity contribution in [1.82, 2.24) is 5.32 Å². The Morgan fingerprint density at radius 2 is 2.50 bits per heavy atom. The Labute approximate surface area is 72.7 Å². The van der Waals surface area contributed by atoms with Crippen LogP contribution in [0.1, 0.15) is 12.8 Å². The fourth-order valence-electron chi connectivity index (χ4n) is 1.06. The van der Waals surface area contributed by atoms with E-state index in [1.54, 1.807) is 0 Å². The third-order valence-corrected chi connectivity index (χ3v) is 1.72. The Kier molecular flexibility index (Phi) is 3.33. The van der Waals surface area contributed by atoms with Crippen LogP contribution in [0, 0.1) is 0 Å². The van der Waals surface area contributed by atoms with Gasteiger partial charge < -0.3 is 5.32 Å². The zero-order valence-electron chi connectivity index (χ0n) is 7.05. The van der Waals surface area contributed by atoms with Crippen LogP contribution >= 0.6 is 0 Å². The van der Waals surface area contributed by atoms with Gasteiger partial charge in [0.1, 0.15) is 0 Å². The summed E-state index contributed by atoms with van der Waals surface area (Å²) in [5.41, 5.74) is 1.18. The average molecular weight is 163 g/mol. The van der Waals surface area contributed by atoms with Gasteiger partial charge in [0.2, 0.25) is 5.91 Å². The Hall–Kier alpha value is -1.31. The van der Waals surface area contributed by atoms with E-state index in [-0.39, 0.29) is 5.91 Å². The number of carbonyl (C=O) groups is 1. The normalized spacial score (nSPS) is 15.2. The van der Waals surface area contributed by atoms with E-state index in [1.807, 2.05) is 6.08 Å². The lowest BCUT2D eigenvalue weighted by molar-refractivity contribution is -0.116. The van der Waals surface area contributed by atoms with Crippen LogP contribution in [-0.2, 0) is 4.79 Å². The first-order valence-corrected chi connectivity index (χ1v) is 4.09. The molecule has 1 aliphatic carbocycles. The zero-order valence-corrected chi connectivity index (χ0v) is 7.05. The molecule has 0 saturated carbocycles. The molecule has 1 N–H and O–H groups in total. The van der Waals surface area contributed by atoms with Gasteiger partial charge in [-0.2, -0.15) is 0 Å². The highest BCUT2D eigenvalue weighted by Gasteiger charge is 1.98. The van der Waals surface area contributed by atoms with Crippen molar-refractivity contribution in [3.8, 4) is 0 Å². The van der Waals surface area contributed by atoms with Gasteiger partial charge in [-0.15, -0.1) is 0 Å². The minimum absolute atomic E-state index is 0.116. The van der Waals surface area contributed by atoms with Crippen LogP contribution in [0.25, 0.3) is 0 Å². The molecule has 2 heteroatoms. The fourth-order valence-corrected chi connectivity index (χ4v) is 1.06. The topological polar surface area (TPSA) is 29.1 Å². The second kappa shape index (κ2) is 4.54. The van der Waals surface area contributed by atoms with Crippen molar-refractivity contribution >= 4 is 5.91 Å². The Bertz CT molecular complexity index is 238. The van der Waals surface area contributed by atoms with E-state index in [2.05, 4.69) is 24.0 Å². The van der Waals surface area contributed by atoms with Crippen LogP contribution in [0.4, 0.5) is 0 Å². The highest BCUT2D eigenvalue weighted by molar-refractivity contribution is 5.87. The minimum Gasteiger partial charge on any atom is -0.349 e. The molecule has 0 atom stereocenters. The molecular weight excluding hydrogens is 150 g/mol. The van der Waals surface area contributed by atoms with Gasteiger partial charge in [-0.1, -0.05) is 24.8 Å². The number of carbonyl (C=O) groups excluding carboxylic acids is 1. The first-order valence-electron chi connectivity index (χ1n) is 4.09. The summed E-state index contributed by atoms with van der Waals surface area (Å²) in [6, 6.07) is 0. The zero-order chi connectivity index (χ0) is 8.81. The maximum Gasteiger partial charge on any atom is 0.243 e. The Morgan fingerprint density at radius 3 is 3.08 bits per heavy atom. The molecule has 0 aromatic carbocycles. The molecule has 0 saturated heterocycles. The average Bonchev–Trinajstić information content (AvgIpc) is 2.16. The molecule has 0 heterocycles. The molecule has 2 nitrogen and oxygen atoms in total. The van der Waals surface area contributed by atoms with Gasteiger partial charge in [0.25, 0.3) is 0 Å². The van der Waals surface area contributed by atoms with E-state index < -0.39 is 0 Å². The second-order valence-corrected chi connectivity index (χ2v) is 2.68. The maximum atomic E-state index is 10.8. The van der Waals surface area contributed by atoms with Crippen LogP contribution in [-0.4, -0.2) is 12.5 Å². The first kappa shape index (κ1) is 8.78. The summed E-state index contributed by atoms with van der Waals surface area (Å²) in [6.45, 7) is 3.99. The molecule has 1 aliphatic rings. The van der Waals surface area contributed by atoms with E-state index in [0.29, 0.717) is 6.54 Å². The molecule has 1 amide bonds. The first-order chi connectivity index (χ1) is 5.83. The van der Waals surface area contributed by atoms with Crippen LogP contribution in [0.2, 0.25) is 0 Å². The van der Waals surface area contributed by atoms with E-state index in [4.69, 9.17) is 0 Å². The van der Waals surface area contributed by atoms with Gasteiger partial charge in [0.05, 0.1) is 0 Å². The molecule has 0 aliphatic heterocycles. The van der Waals surface area contributed by atoms with Crippen LogP contribution < -0.4 is 5.32 Å². The van der Waals surface area contributed by atoms with E-state index >= 15 is 0 Å². The monoisotopic (exact) mass is 163 g/mol. The van der Waals surface area contributed by atoms with Crippen molar-refractivity contribution in [3.63, 3.8) is 0 Å². The van der Waals surface area contributed by atoms with E-state index in [1.165, 1.54) is 11.6 Å².